The molecular weight excluding hydrogens is 670 g/mol. The van der Waals surface area contributed by atoms with E-state index in [9.17, 15) is 13.2 Å². The number of benzene rings is 3. The first kappa shape index (κ1) is 27.8. The maximum absolute atomic E-state index is 12.9. The minimum atomic E-state index is -4.08. The van der Waals surface area contributed by atoms with Gasteiger partial charge in [-0.3, -0.25) is 4.79 Å². The van der Waals surface area contributed by atoms with Crippen molar-refractivity contribution in [3.8, 4) is 11.5 Å². The number of hydrogen-bond acceptors (Lipinski definition) is 7. The standard InChI is InChI=1S/C25H19Cl2IN2O5S2/c1-3-34-21-11-15(10-20(28)23(21)35-37(32,33)17-7-4-14(2)5-8-17)12-22-24(31)30-25(36-22)29-16-6-9-18(26)19(27)13-16/h4-13H,3H2,1-2H3,(H,29,30,31)/b22-12+. The van der Waals surface area contributed by atoms with Crippen LogP contribution >= 0.6 is 57.6 Å². The molecule has 1 amide bonds. The van der Waals surface area contributed by atoms with E-state index in [-0.39, 0.29) is 28.9 Å². The summed E-state index contributed by atoms with van der Waals surface area (Å²) < 4.78 is 37.4. The zero-order chi connectivity index (χ0) is 26.7. The summed E-state index contributed by atoms with van der Waals surface area (Å²) in [4.78, 5) is 17.4. The van der Waals surface area contributed by atoms with Crippen molar-refractivity contribution < 1.29 is 22.1 Å². The summed E-state index contributed by atoms with van der Waals surface area (Å²) in [6.45, 7) is 3.93. The van der Waals surface area contributed by atoms with Crippen LogP contribution in [0.2, 0.25) is 10.0 Å². The molecule has 1 N–H and O–H groups in total. The first-order valence-corrected chi connectivity index (χ1v) is 14.8. The second-order valence-corrected chi connectivity index (χ2v) is 12.2. The molecule has 1 heterocycles. The first-order valence-electron chi connectivity index (χ1n) is 10.8. The van der Waals surface area contributed by atoms with Crippen molar-refractivity contribution in [2.24, 2.45) is 4.99 Å². The highest BCUT2D eigenvalue weighted by molar-refractivity contribution is 14.1. The van der Waals surface area contributed by atoms with Gasteiger partial charge in [-0.2, -0.15) is 8.42 Å². The molecule has 37 heavy (non-hydrogen) atoms. The zero-order valence-electron chi connectivity index (χ0n) is 19.4. The van der Waals surface area contributed by atoms with Crippen molar-refractivity contribution in [2.75, 3.05) is 6.61 Å². The fourth-order valence-electron chi connectivity index (χ4n) is 3.18. The molecule has 1 aliphatic rings. The van der Waals surface area contributed by atoms with Crippen LogP contribution in [-0.4, -0.2) is 26.1 Å². The third-order valence-corrected chi connectivity index (χ3v) is 8.60. The van der Waals surface area contributed by atoms with Crippen LogP contribution in [0.5, 0.6) is 11.5 Å². The quantitative estimate of drug-likeness (QED) is 0.164. The van der Waals surface area contributed by atoms with Gasteiger partial charge in [-0.05, 0) is 102 Å². The van der Waals surface area contributed by atoms with E-state index in [1.54, 1.807) is 55.5 Å². The van der Waals surface area contributed by atoms with Crippen molar-refractivity contribution in [3.05, 3.63) is 84.2 Å². The van der Waals surface area contributed by atoms with E-state index in [0.717, 1.165) is 17.3 Å². The molecular formula is C25H19Cl2IN2O5S2. The van der Waals surface area contributed by atoms with Gasteiger partial charge < -0.3 is 14.2 Å². The number of carbonyl (C=O) groups excluding carboxylic acids is 1. The van der Waals surface area contributed by atoms with Crippen molar-refractivity contribution in [1.82, 2.24) is 5.32 Å². The molecule has 0 saturated carbocycles. The fourth-order valence-corrected chi connectivity index (χ4v) is 6.16. The van der Waals surface area contributed by atoms with Gasteiger partial charge in [0, 0.05) is 0 Å². The van der Waals surface area contributed by atoms with E-state index < -0.39 is 10.1 Å². The molecule has 3 aromatic rings. The minimum Gasteiger partial charge on any atom is -0.490 e. The lowest BCUT2D eigenvalue weighted by atomic mass is 10.2. The smallest absolute Gasteiger partial charge is 0.339 e. The summed E-state index contributed by atoms with van der Waals surface area (Å²) in [7, 11) is -4.08. The molecule has 12 heteroatoms. The average Bonchev–Trinajstić information content (AvgIpc) is 3.17. The van der Waals surface area contributed by atoms with Crippen molar-refractivity contribution >= 4 is 90.5 Å². The molecule has 0 bridgehead atoms. The highest BCUT2D eigenvalue weighted by atomic mass is 127. The highest BCUT2D eigenvalue weighted by Crippen LogP contribution is 2.38. The second-order valence-electron chi connectivity index (χ2n) is 7.69. The van der Waals surface area contributed by atoms with Gasteiger partial charge in [-0.15, -0.1) is 0 Å². The lowest BCUT2D eigenvalue weighted by Crippen LogP contribution is -2.19. The van der Waals surface area contributed by atoms with Crippen LogP contribution in [0, 0.1) is 10.5 Å². The molecule has 0 aliphatic carbocycles. The van der Waals surface area contributed by atoms with Crippen LogP contribution in [0.3, 0.4) is 0 Å². The summed E-state index contributed by atoms with van der Waals surface area (Å²) in [5.41, 5.74) is 2.10. The van der Waals surface area contributed by atoms with Crippen LogP contribution in [-0.2, 0) is 14.9 Å². The Morgan fingerprint density at radius 2 is 1.81 bits per heavy atom. The van der Waals surface area contributed by atoms with Gasteiger partial charge in [0.15, 0.2) is 16.7 Å². The molecule has 4 rings (SSSR count). The summed E-state index contributed by atoms with van der Waals surface area (Å²) in [6, 6.07) is 14.6. The van der Waals surface area contributed by atoms with Crippen LogP contribution in [0.1, 0.15) is 18.1 Å². The summed E-state index contributed by atoms with van der Waals surface area (Å²) in [5, 5.41) is 3.88. The second kappa shape index (κ2) is 11.6. The topological polar surface area (TPSA) is 94.1 Å². The third-order valence-electron chi connectivity index (χ3n) is 4.92. The number of carbonyl (C=O) groups is 1. The van der Waals surface area contributed by atoms with E-state index in [2.05, 4.69) is 10.3 Å². The largest absolute Gasteiger partial charge is 0.490 e. The van der Waals surface area contributed by atoms with E-state index in [1.807, 2.05) is 29.5 Å². The number of thioether (sulfide) groups is 1. The van der Waals surface area contributed by atoms with E-state index in [4.69, 9.17) is 32.1 Å². The predicted molar refractivity (Wildman–Crippen MR) is 157 cm³/mol. The third kappa shape index (κ3) is 6.80. The molecule has 7 nitrogen and oxygen atoms in total. The van der Waals surface area contributed by atoms with Crippen LogP contribution in [0.4, 0.5) is 5.69 Å². The van der Waals surface area contributed by atoms with Gasteiger partial charge in [-0.25, -0.2) is 4.99 Å². The molecule has 0 aromatic heterocycles. The van der Waals surface area contributed by atoms with Gasteiger partial charge in [0.05, 0.1) is 30.8 Å². The minimum absolute atomic E-state index is 0.0374. The monoisotopic (exact) mass is 688 g/mol. The molecule has 0 atom stereocenters. The van der Waals surface area contributed by atoms with E-state index >= 15 is 0 Å². The number of nitrogens with zero attached hydrogens (tertiary/aromatic N) is 1. The number of rotatable bonds is 7. The van der Waals surface area contributed by atoms with Crippen molar-refractivity contribution in [2.45, 2.75) is 18.7 Å². The molecule has 0 unspecified atom stereocenters. The van der Waals surface area contributed by atoms with Gasteiger partial charge in [-0.1, -0.05) is 40.9 Å². The number of ether oxygens (including phenoxy) is 1. The van der Waals surface area contributed by atoms with Crippen molar-refractivity contribution in [1.29, 1.82) is 0 Å². The molecule has 1 saturated heterocycles. The Kier molecular flexibility index (Phi) is 8.74. The Morgan fingerprint density at radius 3 is 2.49 bits per heavy atom. The van der Waals surface area contributed by atoms with E-state index in [1.165, 1.54) is 12.1 Å². The molecule has 0 spiro atoms. The van der Waals surface area contributed by atoms with Crippen LogP contribution in [0.25, 0.3) is 6.08 Å². The number of hydrogen-bond donors (Lipinski definition) is 1. The Hall–Kier alpha value is -2.25. The molecule has 0 radical (unpaired) electrons. The zero-order valence-corrected chi connectivity index (χ0v) is 24.7. The normalized spacial score (nSPS) is 15.8. The molecule has 3 aromatic carbocycles. The van der Waals surface area contributed by atoms with Gasteiger partial charge >= 0.3 is 10.1 Å². The Labute approximate surface area is 242 Å². The average molecular weight is 689 g/mol. The highest BCUT2D eigenvalue weighted by Gasteiger charge is 2.26. The lowest BCUT2D eigenvalue weighted by Gasteiger charge is -2.14. The number of aryl methyl sites for hydroxylation is 1. The van der Waals surface area contributed by atoms with Gasteiger partial charge in [0.25, 0.3) is 5.91 Å². The summed E-state index contributed by atoms with van der Waals surface area (Å²) in [5.74, 6) is -0.000313. The number of amidine groups is 1. The Morgan fingerprint density at radius 1 is 1.08 bits per heavy atom. The fraction of sp³-hybridized carbons (Fsp3) is 0.120. The number of nitrogens with one attached hydrogen (secondary N) is 1. The van der Waals surface area contributed by atoms with Gasteiger partial charge in [0.1, 0.15) is 4.90 Å². The first-order chi connectivity index (χ1) is 17.6. The lowest BCUT2D eigenvalue weighted by molar-refractivity contribution is -0.115. The number of amides is 1. The molecule has 1 fully saturated rings. The predicted octanol–water partition coefficient (Wildman–Crippen LogP) is 6.96. The SMILES string of the molecule is CCOc1cc(/C=C2/SC(=Nc3ccc(Cl)c(Cl)c3)NC2=O)cc(I)c1OS(=O)(=O)c1ccc(C)cc1. The summed E-state index contributed by atoms with van der Waals surface area (Å²) >= 11 is 15.1. The summed E-state index contributed by atoms with van der Waals surface area (Å²) in [6.07, 6.45) is 1.67. The van der Waals surface area contributed by atoms with E-state index in [0.29, 0.717) is 34.9 Å². The maximum atomic E-state index is 12.9. The number of aliphatic imine (C=N–C) groups is 1. The van der Waals surface area contributed by atoms with Gasteiger partial charge in [0.2, 0.25) is 0 Å². The Bertz CT molecular complexity index is 1540. The van der Waals surface area contributed by atoms with Crippen LogP contribution in [0.15, 0.2) is 69.4 Å². The maximum Gasteiger partial charge on any atom is 0.339 e. The Balaban J connectivity index is 1.62. The molecule has 1 aliphatic heterocycles. The molecule has 192 valence electrons. The number of halogens is 3. The van der Waals surface area contributed by atoms with Crippen molar-refractivity contribution in [3.63, 3.8) is 0 Å². The van der Waals surface area contributed by atoms with Crippen LogP contribution < -0.4 is 14.2 Å².